The zero-order valence-electron chi connectivity index (χ0n) is 16.3. The third kappa shape index (κ3) is 4.59. The lowest BCUT2D eigenvalue weighted by Crippen LogP contribution is -2.18. The molecule has 1 amide bonds. The Labute approximate surface area is 186 Å². The zero-order chi connectivity index (χ0) is 20.9. The van der Waals surface area contributed by atoms with E-state index in [9.17, 15) is 4.79 Å². The molecule has 0 fully saturated rings. The van der Waals surface area contributed by atoms with E-state index in [1.165, 1.54) is 11.8 Å². The van der Waals surface area contributed by atoms with Crippen molar-refractivity contribution in [3.8, 4) is 22.9 Å². The molecule has 8 nitrogen and oxygen atoms in total. The Morgan fingerprint density at radius 1 is 1.20 bits per heavy atom. The van der Waals surface area contributed by atoms with Gasteiger partial charge in [0.25, 0.3) is 0 Å². The molecule has 1 aromatic carbocycles. The van der Waals surface area contributed by atoms with E-state index in [-0.39, 0.29) is 11.7 Å². The monoisotopic (exact) mass is 489 g/mol. The minimum absolute atomic E-state index is 0.145. The molecule has 30 heavy (non-hydrogen) atoms. The number of aromatic nitrogens is 4. The van der Waals surface area contributed by atoms with Crippen molar-refractivity contribution in [2.24, 2.45) is 0 Å². The number of amides is 1. The number of anilines is 1. The fraction of sp³-hybridized carbons (Fsp3) is 0.300. The van der Waals surface area contributed by atoms with Gasteiger partial charge in [-0.3, -0.25) is 9.78 Å². The van der Waals surface area contributed by atoms with Crippen LogP contribution in [0.1, 0.15) is 13.3 Å². The zero-order valence-corrected chi connectivity index (χ0v) is 18.7. The lowest BCUT2D eigenvalue weighted by molar-refractivity contribution is -0.113. The first kappa shape index (κ1) is 20.7. The first-order valence-corrected chi connectivity index (χ1v) is 11.3. The number of thioether (sulfide) groups is 1. The number of rotatable bonds is 7. The molecule has 0 spiro atoms. The summed E-state index contributed by atoms with van der Waals surface area (Å²) >= 11 is 4.83. The van der Waals surface area contributed by atoms with Crippen LogP contribution >= 0.6 is 27.7 Å². The number of fused-ring (bicyclic) bond motifs is 1. The van der Waals surface area contributed by atoms with Gasteiger partial charge in [-0.05, 0) is 34.5 Å². The molecule has 2 aromatic heterocycles. The third-order valence-corrected chi connectivity index (χ3v) is 5.96. The Hall–Kier alpha value is -2.59. The number of nitrogens with zero attached hydrogens (tertiary/aromatic N) is 4. The molecule has 1 N–H and O–H groups in total. The largest absolute Gasteiger partial charge is 0.486 e. The Balaban J connectivity index is 1.45. The molecule has 0 bridgehead atoms. The number of carbonyl (C=O) groups is 1. The van der Waals surface area contributed by atoms with E-state index < -0.39 is 0 Å². The average Bonchev–Trinajstić information content (AvgIpc) is 3.16. The van der Waals surface area contributed by atoms with Gasteiger partial charge >= 0.3 is 0 Å². The minimum atomic E-state index is -0.145. The predicted octanol–water partition coefficient (Wildman–Crippen LogP) is 4.01. The molecule has 1 aliphatic heterocycles. The van der Waals surface area contributed by atoms with Gasteiger partial charge in [-0.25, -0.2) is 0 Å². The van der Waals surface area contributed by atoms with Crippen LogP contribution in [0.25, 0.3) is 11.4 Å². The van der Waals surface area contributed by atoms with Crippen LogP contribution in [-0.2, 0) is 11.3 Å². The van der Waals surface area contributed by atoms with Gasteiger partial charge in [0.1, 0.15) is 13.2 Å². The molecule has 0 atom stereocenters. The number of pyridine rings is 1. The minimum Gasteiger partial charge on any atom is -0.486 e. The second-order valence-corrected chi connectivity index (χ2v) is 8.30. The van der Waals surface area contributed by atoms with Gasteiger partial charge in [0.15, 0.2) is 22.5 Å². The van der Waals surface area contributed by atoms with Gasteiger partial charge in [0.05, 0.1) is 11.4 Å². The Morgan fingerprint density at radius 2 is 1.93 bits per heavy atom. The van der Waals surface area contributed by atoms with E-state index in [4.69, 9.17) is 9.47 Å². The van der Waals surface area contributed by atoms with Gasteiger partial charge in [0.2, 0.25) is 5.91 Å². The quantitative estimate of drug-likeness (QED) is 0.501. The first-order chi connectivity index (χ1) is 14.7. The SMILES string of the molecule is CCCn1c(SCC(=O)Nc2cc3c(cc2Br)OCCO3)nnc1-c1ccncc1. The molecule has 0 saturated heterocycles. The molecule has 0 radical (unpaired) electrons. The highest BCUT2D eigenvalue weighted by Crippen LogP contribution is 2.38. The van der Waals surface area contributed by atoms with Gasteiger partial charge < -0.3 is 19.4 Å². The number of nitrogens with one attached hydrogen (secondary N) is 1. The Kier molecular flexibility index (Phi) is 6.53. The summed E-state index contributed by atoms with van der Waals surface area (Å²) < 4.78 is 13.9. The lowest BCUT2D eigenvalue weighted by atomic mass is 10.2. The molecular weight excluding hydrogens is 470 g/mol. The molecule has 0 unspecified atom stereocenters. The fourth-order valence-corrected chi connectivity index (χ4v) is 4.20. The number of carbonyl (C=O) groups excluding carboxylic acids is 1. The second kappa shape index (κ2) is 9.48. The number of ether oxygens (including phenoxy) is 2. The van der Waals surface area contributed by atoms with Crippen LogP contribution in [-0.4, -0.2) is 44.6 Å². The molecule has 3 aromatic rings. The normalized spacial score (nSPS) is 12.6. The van der Waals surface area contributed by atoms with Gasteiger partial charge in [-0.15, -0.1) is 10.2 Å². The molecule has 0 aliphatic carbocycles. The maximum absolute atomic E-state index is 12.6. The van der Waals surface area contributed by atoms with Crippen molar-refractivity contribution in [3.05, 3.63) is 41.1 Å². The Bertz CT molecular complexity index is 1040. The highest BCUT2D eigenvalue weighted by Gasteiger charge is 2.18. The standard InChI is InChI=1S/C20H20BrN5O3S/c1-2-7-26-19(13-3-5-22-6-4-13)24-25-20(26)30-12-18(27)23-15-11-17-16(10-14(15)21)28-8-9-29-17/h3-6,10-11H,2,7-9,12H2,1H3,(H,23,27). The summed E-state index contributed by atoms with van der Waals surface area (Å²) in [4.78, 5) is 16.6. The summed E-state index contributed by atoms with van der Waals surface area (Å²) in [7, 11) is 0. The third-order valence-electron chi connectivity index (χ3n) is 4.34. The lowest BCUT2D eigenvalue weighted by Gasteiger charge is -2.20. The van der Waals surface area contributed by atoms with E-state index in [1.807, 2.05) is 16.7 Å². The molecule has 10 heteroatoms. The molecule has 0 saturated carbocycles. The van der Waals surface area contributed by atoms with Crippen molar-refractivity contribution in [1.82, 2.24) is 19.7 Å². The summed E-state index contributed by atoms with van der Waals surface area (Å²) in [5.41, 5.74) is 1.58. The highest BCUT2D eigenvalue weighted by molar-refractivity contribution is 9.10. The fourth-order valence-electron chi connectivity index (χ4n) is 3.01. The maximum atomic E-state index is 12.6. The summed E-state index contributed by atoms with van der Waals surface area (Å²) in [6.07, 6.45) is 4.39. The van der Waals surface area contributed by atoms with Crippen LogP contribution in [0.5, 0.6) is 11.5 Å². The molecule has 3 heterocycles. The van der Waals surface area contributed by atoms with E-state index in [0.717, 1.165) is 28.8 Å². The predicted molar refractivity (Wildman–Crippen MR) is 118 cm³/mol. The molecule has 4 rings (SSSR count). The van der Waals surface area contributed by atoms with Crippen molar-refractivity contribution in [2.45, 2.75) is 25.0 Å². The van der Waals surface area contributed by atoms with Crippen LogP contribution in [0.2, 0.25) is 0 Å². The summed E-state index contributed by atoms with van der Waals surface area (Å²) in [6.45, 7) is 3.87. The van der Waals surface area contributed by atoms with E-state index in [0.29, 0.717) is 35.6 Å². The van der Waals surface area contributed by atoms with Gasteiger partial charge in [-0.2, -0.15) is 0 Å². The highest BCUT2D eigenvalue weighted by atomic mass is 79.9. The number of hydrogen-bond acceptors (Lipinski definition) is 7. The maximum Gasteiger partial charge on any atom is 0.234 e. The number of hydrogen-bond donors (Lipinski definition) is 1. The number of benzene rings is 1. The average molecular weight is 490 g/mol. The second-order valence-electron chi connectivity index (χ2n) is 6.51. The number of halogens is 1. The van der Waals surface area contributed by atoms with Crippen LogP contribution in [0.3, 0.4) is 0 Å². The summed E-state index contributed by atoms with van der Waals surface area (Å²) in [5.74, 6) is 2.12. The van der Waals surface area contributed by atoms with E-state index >= 15 is 0 Å². The molecule has 156 valence electrons. The van der Waals surface area contributed by atoms with Crippen LogP contribution in [0, 0.1) is 0 Å². The Morgan fingerprint density at radius 3 is 2.67 bits per heavy atom. The summed E-state index contributed by atoms with van der Waals surface area (Å²) in [6, 6.07) is 7.37. The summed E-state index contributed by atoms with van der Waals surface area (Å²) in [5, 5.41) is 12.2. The molecule has 1 aliphatic rings. The van der Waals surface area contributed by atoms with Crippen LogP contribution in [0.15, 0.2) is 46.3 Å². The van der Waals surface area contributed by atoms with Crippen molar-refractivity contribution >= 4 is 39.3 Å². The first-order valence-electron chi connectivity index (χ1n) is 9.51. The van der Waals surface area contributed by atoms with Crippen molar-refractivity contribution in [3.63, 3.8) is 0 Å². The topological polar surface area (TPSA) is 91.2 Å². The van der Waals surface area contributed by atoms with Gasteiger partial charge in [-0.1, -0.05) is 18.7 Å². The van der Waals surface area contributed by atoms with E-state index in [2.05, 4.69) is 43.4 Å². The van der Waals surface area contributed by atoms with Crippen LogP contribution in [0.4, 0.5) is 5.69 Å². The van der Waals surface area contributed by atoms with Crippen molar-refractivity contribution < 1.29 is 14.3 Å². The van der Waals surface area contributed by atoms with Crippen molar-refractivity contribution in [2.75, 3.05) is 24.3 Å². The molecular formula is C20H20BrN5O3S. The smallest absolute Gasteiger partial charge is 0.234 e. The van der Waals surface area contributed by atoms with Crippen molar-refractivity contribution in [1.29, 1.82) is 0 Å². The van der Waals surface area contributed by atoms with E-state index in [1.54, 1.807) is 24.5 Å². The van der Waals surface area contributed by atoms with Crippen LogP contribution < -0.4 is 14.8 Å². The van der Waals surface area contributed by atoms with Gasteiger partial charge in [0, 0.05) is 41.1 Å².